The van der Waals surface area contributed by atoms with Gasteiger partial charge in [0.2, 0.25) is 0 Å². The molecule has 0 saturated carbocycles. The summed E-state index contributed by atoms with van der Waals surface area (Å²) in [7, 11) is 0. The van der Waals surface area contributed by atoms with Gasteiger partial charge >= 0.3 is 0 Å². The van der Waals surface area contributed by atoms with Crippen LogP contribution in [-0.4, -0.2) is 36.6 Å². The SMILES string of the molecule is CC(C)N1CC2CNC(C2)C1.[HH]. The minimum Gasteiger partial charge on any atom is -0.312 e. The molecule has 2 fully saturated rings. The highest BCUT2D eigenvalue weighted by molar-refractivity contribution is 4.91. The van der Waals surface area contributed by atoms with Crippen molar-refractivity contribution in [1.29, 1.82) is 0 Å². The number of nitrogens with zero attached hydrogens (tertiary/aromatic N) is 1. The minimum atomic E-state index is 0. The molecule has 0 spiro atoms. The lowest BCUT2D eigenvalue weighted by Crippen LogP contribution is -2.44. The lowest BCUT2D eigenvalue weighted by Gasteiger charge is -2.33. The molecule has 1 N–H and O–H groups in total. The van der Waals surface area contributed by atoms with Gasteiger partial charge < -0.3 is 5.32 Å². The maximum absolute atomic E-state index is 3.56. The number of fused-ring (bicyclic) bond motifs is 2. The highest BCUT2D eigenvalue weighted by Crippen LogP contribution is 2.23. The summed E-state index contributed by atoms with van der Waals surface area (Å²) < 4.78 is 0. The van der Waals surface area contributed by atoms with Crippen molar-refractivity contribution in [3.05, 3.63) is 0 Å². The number of nitrogens with one attached hydrogen (secondary N) is 1. The largest absolute Gasteiger partial charge is 0.312 e. The van der Waals surface area contributed by atoms with Crippen LogP contribution < -0.4 is 5.32 Å². The van der Waals surface area contributed by atoms with Crippen LogP contribution >= 0.6 is 0 Å². The molecule has 0 aromatic rings. The quantitative estimate of drug-likeness (QED) is 0.607. The van der Waals surface area contributed by atoms with Gasteiger partial charge in [-0.25, -0.2) is 0 Å². The van der Waals surface area contributed by atoms with E-state index in [1.54, 1.807) is 0 Å². The molecule has 11 heavy (non-hydrogen) atoms. The first-order valence-electron chi connectivity index (χ1n) is 4.73. The molecular formula is C9H20N2. The molecule has 2 heterocycles. The minimum absolute atomic E-state index is 0. The molecule has 2 aliphatic rings. The van der Waals surface area contributed by atoms with Gasteiger partial charge in [-0.3, -0.25) is 4.90 Å². The summed E-state index contributed by atoms with van der Waals surface area (Å²) in [5.74, 6) is 0.941. The van der Waals surface area contributed by atoms with Crippen LogP contribution in [0.5, 0.6) is 0 Å². The monoisotopic (exact) mass is 156 g/mol. The fraction of sp³-hybridized carbons (Fsp3) is 1.00. The Kier molecular flexibility index (Phi) is 1.90. The van der Waals surface area contributed by atoms with Crippen molar-refractivity contribution < 1.29 is 1.43 Å². The van der Waals surface area contributed by atoms with Crippen molar-refractivity contribution in [2.45, 2.75) is 32.4 Å². The maximum atomic E-state index is 3.56. The van der Waals surface area contributed by atoms with Crippen LogP contribution in [0, 0.1) is 5.92 Å². The molecule has 2 bridgehead atoms. The number of hydrogen-bond acceptors (Lipinski definition) is 2. The van der Waals surface area contributed by atoms with E-state index in [0.717, 1.165) is 18.0 Å². The molecule has 0 radical (unpaired) electrons. The highest BCUT2D eigenvalue weighted by atomic mass is 15.2. The maximum Gasteiger partial charge on any atom is 0.0198 e. The Morgan fingerprint density at radius 2 is 2.27 bits per heavy atom. The molecule has 2 rings (SSSR count). The molecule has 2 atom stereocenters. The third-order valence-corrected chi connectivity index (χ3v) is 2.99. The van der Waals surface area contributed by atoms with Crippen molar-refractivity contribution in [2.75, 3.05) is 19.6 Å². The summed E-state index contributed by atoms with van der Waals surface area (Å²) in [4.78, 5) is 2.60. The molecule has 2 nitrogen and oxygen atoms in total. The van der Waals surface area contributed by atoms with E-state index in [9.17, 15) is 0 Å². The van der Waals surface area contributed by atoms with Gasteiger partial charge in [-0.2, -0.15) is 0 Å². The number of likely N-dealkylation sites (tertiary alicyclic amines) is 1. The van der Waals surface area contributed by atoms with Crippen molar-refractivity contribution >= 4 is 0 Å². The lowest BCUT2D eigenvalue weighted by atomic mass is 9.99. The Labute approximate surface area is 70.4 Å². The van der Waals surface area contributed by atoms with Crippen LogP contribution in [0.3, 0.4) is 0 Å². The first-order valence-corrected chi connectivity index (χ1v) is 4.73. The predicted molar refractivity (Wildman–Crippen MR) is 48.7 cm³/mol. The standard InChI is InChI=1S/C9H18N2.H2/c1-7(2)11-5-8-3-9(6-11)10-4-8;/h7-10H,3-6H2,1-2H3;1H. The van der Waals surface area contributed by atoms with Gasteiger partial charge in [-0.05, 0) is 32.7 Å². The second-order valence-electron chi connectivity index (χ2n) is 4.25. The molecule has 2 heteroatoms. The van der Waals surface area contributed by atoms with E-state index >= 15 is 0 Å². The zero-order valence-electron chi connectivity index (χ0n) is 7.51. The van der Waals surface area contributed by atoms with Crippen molar-refractivity contribution in [1.82, 2.24) is 10.2 Å². The third-order valence-electron chi connectivity index (χ3n) is 2.99. The summed E-state index contributed by atoms with van der Waals surface area (Å²) in [5, 5.41) is 3.56. The van der Waals surface area contributed by atoms with E-state index in [0.29, 0.717) is 0 Å². The third kappa shape index (κ3) is 1.42. The molecule has 0 aliphatic carbocycles. The first-order chi connectivity index (χ1) is 5.25. The fourth-order valence-corrected chi connectivity index (χ4v) is 2.29. The summed E-state index contributed by atoms with van der Waals surface area (Å²) in [6.07, 6.45) is 1.42. The van der Waals surface area contributed by atoms with Crippen LogP contribution in [0.15, 0.2) is 0 Å². The van der Waals surface area contributed by atoms with Gasteiger partial charge in [0, 0.05) is 26.6 Å². The molecule has 0 aromatic carbocycles. The normalized spacial score (nSPS) is 38.5. The summed E-state index contributed by atoms with van der Waals surface area (Å²) in [6.45, 7) is 8.44. The average molecular weight is 156 g/mol. The fourth-order valence-electron chi connectivity index (χ4n) is 2.29. The van der Waals surface area contributed by atoms with E-state index in [2.05, 4.69) is 24.1 Å². The lowest BCUT2D eigenvalue weighted by molar-refractivity contribution is 0.155. The first kappa shape index (κ1) is 7.56. The average Bonchev–Trinajstić information content (AvgIpc) is 2.30. The number of hydrogen-bond donors (Lipinski definition) is 1. The van der Waals surface area contributed by atoms with E-state index in [-0.39, 0.29) is 1.43 Å². The smallest absolute Gasteiger partial charge is 0.0198 e. The van der Waals surface area contributed by atoms with Crippen LogP contribution in [0.1, 0.15) is 21.7 Å². The van der Waals surface area contributed by atoms with Crippen LogP contribution in [0.4, 0.5) is 0 Å². The van der Waals surface area contributed by atoms with Crippen LogP contribution in [0.25, 0.3) is 0 Å². The Bertz CT molecular complexity index is 137. The van der Waals surface area contributed by atoms with Gasteiger partial charge in [0.15, 0.2) is 0 Å². The summed E-state index contributed by atoms with van der Waals surface area (Å²) >= 11 is 0. The van der Waals surface area contributed by atoms with E-state index in [1.165, 1.54) is 26.1 Å². The van der Waals surface area contributed by atoms with Gasteiger partial charge in [-0.1, -0.05) is 0 Å². The Morgan fingerprint density at radius 1 is 1.45 bits per heavy atom. The number of piperidine rings is 1. The van der Waals surface area contributed by atoms with Crippen molar-refractivity contribution in [2.24, 2.45) is 5.92 Å². The predicted octanol–water partition coefficient (Wildman–Crippen LogP) is 0.935. The van der Waals surface area contributed by atoms with Crippen molar-refractivity contribution in [3.8, 4) is 0 Å². The molecule has 66 valence electrons. The van der Waals surface area contributed by atoms with E-state index in [1.807, 2.05) is 0 Å². The van der Waals surface area contributed by atoms with Gasteiger partial charge in [0.25, 0.3) is 0 Å². The van der Waals surface area contributed by atoms with Crippen LogP contribution in [-0.2, 0) is 0 Å². The zero-order valence-corrected chi connectivity index (χ0v) is 7.51. The van der Waals surface area contributed by atoms with Crippen molar-refractivity contribution in [3.63, 3.8) is 0 Å². The Hall–Kier alpha value is -0.0800. The van der Waals surface area contributed by atoms with E-state index < -0.39 is 0 Å². The number of rotatable bonds is 1. The topological polar surface area (TPSA) is 15.3 Å². The zero-order chi connectivity index (χ0) is 7.84. The van der Waals surface area contributed by atoms with E-state index in [4.69, 9.17) is 0 Å². The second kappa shape index (κ2) is 2.76. The Morgan fingerprint density at radius 3 is 2.91 bits per heavy atom. The molecule has 2 unspecified atom stereocenters. The van der Waals surface area contributed by atoms with Gasteiger partial charge in [0.1, 0.15) is 0 Å². The van der Waals surface area contributed by atoms with Crippen LogP contribution in [0.2, 0.25) is 0 Å². The Balaban J connectivity index is 0.000000720. The summed E-state index contributed by atoms with van der Waals surface area (Å²) in [6, 6.07) is 1.54. The highest BCUT2D eigenvalue weighted by Gasteiger charge is 2.32. The molecule has 0 aromatic heterocycles. The summed E-state index contributed by atoms with van der Waals surface area (Å²) in [5.41, 5.74) is 0. The molecule has 0 amide bonds. The molecule has 2 saturated heterocycles. The molecule has 2 aliphatic heterocycles. The van der Waals surface area contributed by atoms with Gasteiger partial charge in [-0.15, -0.1) is 0 Å². The second-order valence-corrected chi connectivity index (χ2v) is 4.25. The molecular weight excluding hydrogens is 136 g/mol. The van der Waals surface area contributed by atoms with Gasteiger partial charge in [0.05, 0.1) is 0 Å².